The van der Waals surface area contributed by atoms with Gasteiger partial charge in [-0.15, -0.1) is 12.4 Å². The third-order valence-electron chi connectivity index (χ3n) is 2.71. The van der Waals surface area contributed by atoms with Crippen LogP contribution in [-0.4, -0.2) is 25.3 Å². The molecule has 2 nitrogen and oxygen atoms in total. The molecule has 0 aromatic rings. The number of hydrogen-bond acceptors (Lipinski definition) is 2. The molecule has 0 radical (unpaired) electrons. The van der Waals surface area contributed by atoms with Crippen molar-refractivity contribution >= 4 is 12.4 Å². The van der Waals surface area contributed by atoms with Crippen molar-refractivity contribution in [2.45, 2.75) is 31.3 Å². The Bertz CT molecular complexity index is 115. The molecule has 1 spiro atoms. The predicted molar refractivity (Wildman–Crippen MR) is 47.3 cm³/mol. The van der Waals surface area contributed by atoms with E-state index >= 15 is 0 Å². The van der Waals surface area contributed by atoms with Crippen LogP contribution in [0.15, 0.2) is 0 Å². The van der Waals surface area contributed by atoms with Crippen molar-refractivity contribution in [1.82, 2.24) is 5.32 Å². The van der Waals surface area contributed by atoms with E-state index in [1.54, 1.807) is 0 Å². The molecule has 1 aliphatic heterocycles. The number of rotatable bonds is 0. The van der Waals surface area contributed by atoms with Gasteiger partial charge in [-0.1, -0.05) is 0 Å². The van der Waals surface area contributed by atoms with Crippen molar-refractivity contribution < 1.29 is 4.74 Å². The highest BCUT2D eigenvalue weighted by Gasteiger charge is 2.37. The summed E-state index contributed by atoms with van der Waals surface area (Å²) in [5, 5.41) is 3.35. The molecule has 66 valence electrons. The largest absolute Gasteiger partial charge is 0.374 e. The van der Waals surface area contributed by atoms with E-state index in [4.69, 9.17) is 4.74 Å². The Balaban J connectivity index is 0.000000605. The zero-order valence-electron chi connectivity index (χ0n) is 6.77. The van der Waals surface area contributed by atoms with E-state index in [-0.39, 0.29) is 12.4 Å². The highest BCUT2D eigenvalue weighted by atomic mass is 35.5. The topological polar surface area (TPSA) is 21.3 Å². The van der Waals surface area contributed by atoms with Gasteiger partial charge in [-0.3, -0.25) is 0 Å². The summed E-state index contributed by atoms with van der Waals surface area (Å²) >= 11 is 0. The third-order valence-corrected chi connectivity index (χ3v) is 2.71. The van der Waals surface area contributed by atoms with Gasteiger partial charge in [0.05, 0.1) is 12.2 Å². The first-order valence-electron chi connectivity index (χ1n) is 4.26. The standard InChI is InChI=1S/C8H15NO.ClH/c1-2-8(3-1)4-5-9-6-7-10-8;/h9H,1-7H2;1H. The van der Waals surface area contributed by atoms with E-state index in [0.29, 0.717) is 5.60 Å². The fraction of sp³-hybridized carbons (Fsp3) is 1.00. The molecule has 1 saturated heterocycles. The minimum Gasteiger partial charge on any atom is -0.374 e. The zero-order chi connectivity index (χ0) is 6.86. The molecular formula is C8H16ClNO. The lowest BCUT2D eigenvalue weighted by molar-refractivity contribution is -0.0928. The quantitative estimate of drug-likeness (QED) is 0.603. The Hall–Kier alpha value is 0.210. The van der Waals surface area contributed by atoms with Crippen LogP contribution in [0.2, 0.25) is 0 Å². The average molecular weight is 178 g/mol. The molecule has 0 bridgehead atoms. The molecule has 2 aliphatic rings. The van der Waals surface area contributed by atoms with Crippen LogP contribution in [0.1, 0.15) is 25.7 Å². The predicted octanol–water partition coefficient (Wildman–Crippen LogP) is 1.34. The van der Waals surface area contributed by atoms with Crippen LogP contribution >= 0.6 is 12.4 Å². The van der Waals surface area contributed by atoms with Crippen molar-refractivity contribution in [2.24, 2.45) is 0 Å². The molecule has 2 fully saturated rings. The highest BCUT2D eigenvalue weighted by Crippen LogP contribution is 2.38. The van der Waals surface area contributed by atoms with E-state index in [0.717, 1.165) is 19.7 Å². The van der Waals surface area contributed by atoms with Crippen molar-refractivity contribution in [3.05, 3.63) is 0 Å². The van der Waals surface area contributed by atoms with Gasteiger partial charge < -0.3 is 10.1 Å². The van der Waals surface area contributed by atoms with Crippen LogP contribution in [-0.2, 0) is 4.74 Å². The van der Waals surface area contributed by atoms with Crippen LogP contribution in [0.25, 0.3) is 0 Å². The van der Waals surface area contributed by atoms with Gasteiger partial charge in [-0.2, -0.15) is 0 Å². The molecule has 2 rings (SSSR count). The molecule has 11 heavy (non-hydrogen) atoms. The van der Waals surface area contributed by atoms with Gasteiger partial charge in [0.2, 0.25) is 0 Å². The lowest BCUT2D eigenvalue weighted by Crippen LogP contribution is -2.40. The maximum absolute atomic E-state index is 5.76. The lowest BCUT2D eigenvalue weighted by Gasteiger charge is -2.40. The van der Waals surface area contributed by atoms with Crippen LogP contribution in [0.5, 0.6) is 0 Å². The number of hydrogen-bond donors (Lipinski definition) is 1. The smallest absolute Gasteiger partial charge is 0.0695 e. The second kappa shape index (κ2) is 3.74. The molecule has 0 amide bonds. The molecule has 3 heteroatoms. The summed E-state index contributed by atoms with van der Waals surface area (Å²) < 4.78 is 5.76. The maximum atomic E-state index is 5.76. The zero-order valence-corrected chi connectivity index (χ0v) is 7.58. The van der Waals surface area contributed by atoms with Gasteiger partial charge >= 0.3 is 0 Å². The van der Waals surface area contributed by atoms with Gasteiger partial charge in [0.1, 0.15) is 0 Å². The molecule has 0 aromatic heterocycles. The summed E-state index contributed by atoms with van der Waals surface area (Å²) in [5.41, 5.74) is 0.323. The first kappa shape index (κ1) is 9.30. The third kappa shape index (κ3) is 1.86. The van der Waals surface area contributed by atoms with E-state index in [1.807, 2.05) is 0 Å². The van der Waals surface area contributed by atoms with Gasteiger partial charge in [-0.05, 0) is 32.2 Å². The van der Waals surface area contributed by atoms with Gasteiger partial charge in [0.15, 0.2) is 0 Å². The van der Waals surface area contributed by atoms with Gasteiger partial charge in [0, 0.05) is 6.54 Å². The molecule has 1 N–H and O–H groups in total. The number of ether oxygens (including phenoxy) is 1. The second-order valence-electron chi connectivity index (χ2n) is 3.39. The number of nitrogens with one attached hydrogen (secondary N) is 1. The number of halogens is 1. The first-order chi connectivity index (χ1) is 4.91. The normalized spacial score (nSPS) is 28.4. The van der Waals surface area contributed by atoms with Crippen molar-refractivity contribution in [3.8, 4) is 0 Å². The average Bonchev–Trinajstić information content (AvgIpc) is 2.08. The molecule has 1 aliphatic carbocycles. The SMILES string of the molecule is C1CC2(C1)CCNCCO2.Cl. The summed E-state index contributed by atoms with van der Waals surface area (Å²) in [6, 6.07) is 0. The van der Waals surface area contributed by atoms with Crippen LogP contribution in [0.3, 0.4) is 0 Å². The molecule has 0 atom stereocenters. The van der Waals surface area contributed by atoms with Crippen LogP contribution < -0.4 is 5.32 Å². The summed E-state index contributed by atoms with van der Waals surface area (Å²) in [6.45, 7) is 3.11. The molecular weight excluding hydrogens is 162 g/mol. The Labute approximate surface area is 74.1 Å². The van der Waals surface area contributed by atoms with Crippen LogP contribution in [0, 0.1) is 0 Å². The Kier molecular flexibility index (Phi) is 3.16. The summed E-state index contributed by atoms with van der Waals surface area (Å²) in [5.74, 6) is 0. The van der Waals surface area contributed by atoms with Crippen LogP contribution in [0.4, 0.5) is 0 Å². The fourth-order valence-electron chi connectivity index (χ4n) is 1.82. The van der Waals surface area contributed by atoms with Crippen molar-refractivity contribution in [1.29, 1.82) is 0 Å². The molecule has 0 aromatic carbocycles. The first-order valence-corrected chi connectivity index (χ1v) is 4.26. The van der Waals surface area contributed by atoms with E-state index in [1.165, 1.54) is 25.7 Å². The summed E-state index contributed by atoms with van der Waals surface area (Å²) in [4.78, 5) is 0. The van der Waals surface area contributed by atoms with Crippen molar-refractivity contribution in [3.63, 3.8) is 0 Å². The molecule has 1 saturated carbocycles. The minimum absolute atomic E-state index is 0. The second-order valence-corrected chi connectivity index (χ2v) is 3.39. The van der Waals surface area contributed by atoms with Gasteiger partial charge in [0.25, 0.3) is 0 Å². The molecule has 0 unspecified atom stereocenters. The molecule has 1 heterocycles. The lowest BCUT2D eigenvalue weighted by atomic mass is 9.77. The minimum atomic E-state index is 0. The Morgan fingerprint density at radius 2 is 1.91 bits per heavy atom. The van der Waals surface area contributed by atoms with E-state index < -0.39 is 0 Å². The summed E-state index contributed by atoms with van der Waals surface area (Å²) in [6.07, 6.45) is 5.20. The maximum Gasteiger partial charge on any atom is 0.0695 e. The highest BCUT2D eigenvalue weighted by molar-refractivity contribution is 5.85. The monoisotopic (exact) mass is 177 g/mol. The van der Waals surface area contributed by atoms with E-state index in [2.05, 4.69) is 5.32 Å². The van der Waals surface area contributed by atoms with Crippen molar-refractivity contribution in [2.75, 3.05) is 19.7 Å². The summed E-state index contributed by atoms with van der Waals surface area (Å²) in [7, 11) is 0. The Morgan fingerprint density at radius 1 is 1.09 bits per heavy atom. The fourth-order valence-corrected chi connectivity index (χ4v) is 1.82. The Morgan fingerprint density at radius 3 is 2.55 bits per heavy atom. The van der Waals surface area contributed by atoms with E-state index in [9.17, 15) is 0 Å². The van der Waals surface area contributed by atoms with Gasteiger partial charge in [-0.25, -0.2) is 0 Å².